The number of aliphatic hydroxyl groups is 2. The molecular weight excluding hydrogens is 549 g/mol. The maximum absolute atomic E-state index is 13.4. The number of halogens is 4. The summed E-state index contributed by atoms with van der Waals surface area (Å²) < 4.78 is 56.1. The van der Waals surface area contributed by atoms with Crippen molar-refractivity contribution in [1.82, 2.24) is 10.6 Å². The van der Waals surface area contributed by atoms with Crippen molar-refractivity contribution in [3.05, 3.63) is 41.5 Å². The summed E-state index contributed by atoms with van der Waals surface area (Å²) in [5.41, 5.74) is 0.0877. The van der Waals surface area contributed by atoms with Gasteiger partial charge in [-0.3, -0.25) is 4.79 Å². The van der Waals surface area contributed by atoms with E-state index in [2.05, 4.69) is 10.6 Å². The number of aliphatic hydroxyl groups excluding tert-OH is 1. The third-order valence-corrected chi connectivity index (χ3v) is 8.74. The maximum atomic E-state index is 13.4. The lowest BCUT2D eigenvalue weighted by Crippen LogP contribution is -2.62. The number of rotatable bonds is 6. The van der Waals surface area contributed by atoms with Crippen LogP contribution < -0.4 is 10.6 Å². The van der Waals surface area contributed by atoms with Crippen LogP contribution in [0.2, 0.25) is 0 Å². The van der Waals surface area contributed by atoms with Gasteiger partial charge >= 0.3 is 6.18 Å². The number of hydrogen-bond donors (Lipinski definition) is 4. The maximum Gasteiger partial charge on any atom is 0.416 e. The fourth-order valence-electron chi connectivity index (χ4n) is 5.52. The Morgan fingerprint density at radius 3 is 2.66 bits per heavy atom. The van der Waals surface area contributed by atoms with Crippen LogP contribution in [0.15, 0.2) is 30.3 Å². The number of carbonyl (C=O) groups is 1. The van der Waals surface area contributed by atoms with Crippen LogP contribution in [0.3, 0.4) is 0 Å². The van der Waals surface area contributed by atoms with E-state index in [0.29, 0.717) is 25.1 Å². The zero-order chi connectivity index (χ0) is 27.4. The summed E-state index contributed by atoms with van der Waals surface area (Å²) in [7, 11) is 0. The van der Waals surface area contributed by atoms with Crippen molar-refractivity contribution >= 4 is 34.8 Å². The van der Waals surface area contributed by atoms with Crippen molar-refractivity contribution in [2.45, 2.75) is 72.6 Å². The molecule has 4 heterocycles. The summed E-state index contributed by atoms with van der Waals surface area (Å²) >= 11 is 7.65. The fraction of sp³-hybridized carbons (Fsp3) is 0.640. The van der Waals surface area contributed by atoms with Crippen molar-refractivity contribution in [2.24, 2.45) is 5.92 Å². The van der Waals surface area contributed by atoms with Gasteiger partial charge in [-0.15, -0.1) is 23.4 Å². The number of alkyl halides is 4. The van der Waals surface area contributed by atoms with Crippen molar-refractivity contribution in [3.63, 3.8) is 0 Å². The third-order valence-electron chi connectivity index (χ3n) is 7.59. The summed E-state index contributed by atoms with van der Waals surface area (Å²) in [6, 6.07) is 3.53. The van der Waals surface area contributed by atoms with Crippen LogP contribution in [0.5, 0.6) is 0 Å². The second-order valence-corrected chi connectivity index (χ2v) is 11.7. The molecule has 1 aromatic rings. The second-order valence-electron chi connectivity index (χ2n) is 10.1. The highest BCUT2D eigenvalue weighted by Gasteiger charge is 2.70. The molecule has 4 N–H and O–H groups in total. The summed E-state index contributed by atoms with van der Waals surface area (Å²) in [4.78, 5) is 13.4. The van der Waals surface area contributed by atoms with Crippen LogP contribution in [0, 0.1) is 5.92 Å². The topological polar surface area (TPSA) is 113 Å². The van der Waals surface area contributed by atoms with Gasteiger partial charge in [0.2, 0.25) is 11.7 Å². The van der Waals surface area contributed by atoms with Crippen LogP contribution in [-0.4, -0.2) is 88.6 Å². The molecule has 4 aliphatic heterocycles. The van der Waals surface area contributed by atoms with E-state index in [-0.39, 0.29) is 11.8 Å². The molecule has 3 saturated heterocycles. The molecule has 3 fully saturated rings. The van der Waals surface area contributed by atoms with E-state index in [1.165, 1.54) is 23.9 Å². The largest absolute Gasteiger partial charge is 0.416 e. The van der Waals surface area contributed by atoms with E-state index < -0.39 is 64.8 Å². The monoisotopic (exact) mass is 578 g/mol. The minimum absolute atomic E-state index is 0.176. The number of ether oxygens (including phenoxy) is 3. The second kappa shape index (κ2) is 10.5. The molecule has 4 aliphatic rings. The van der Waals surface area contributed by atoms with Crippen molar-refractivity contribution < 1.29 is 42.4 Å². The molecule has 0 saturated carbocycles. The van der Waals surface area contributed by atoms with Gasteiger partial charge in [-0.1, -0.05) is 18.2 Å². The third kappa shape index (κ3) is 5.22. The van der Waals surface area contributed by atoms with E-state index in [0.717, 1.165) is 17.7 Å². The average Bonchev–Trinajstić information content (AvgIpc) is 3.50. The Kier molecular flexibility index (Phi) is 7.82. The summed E-state index contributed by atoms with van der Waals surface area (Å²) in [5, 5.41) is 26.7. The van der Waals surface area contributed by atoms with Gasteiger partial charge in [0, 0.05) is 12.5 Å². The fourth-order valence-corrected chi connectivity index (χ4v) is 6.49. The lowest BCUT2D eigenvalue weighted by atomic mass is 9.93. The normalized spacial score (nSPS) is 38.3. The first-order chi connectivity index (χ1) is 17.9. The quantitative estimate of drug-likeness (QED) is 0.300. The SMILES string of the molecule is CSC1O[C@H]([C@H](NC(=O)[C@H]2NC[C@@H]3C=C(c4ccc(C(F)(F)F)cc4)CCO[C@@H]23)[C@H](C)Cl)C(O)C2O[C@]12O. The zero-order valence-electron chi connectivity index (χ0n) is 20.7. The van der Waals surface area contributed by atoms with E-state index in [9.17, 15) is 28.2 Å². The number of nitrogens with one attached hydrogen (secondary N) is 2. The number of hydrogen-bond acceptors (Lipinski definition) is 8. The molecule has 1 aromatic carbocycles. The van der Waals surface area contributed by atoms with Gasteiger partial charge in [0.05, 0.1) is 29.7 Å². The van der Waals surface area contributed by atoms with Gasteiger partial charge in [-0.2, -0.15) is 13.2 Å². The molecule has 1 amide bonds. The molecule has 0 aliphatic carbocycles. The van der Waals surface area contributed by atoms with Crippen LogP contribution in [0.4, 0.5) is 13.2 Å². The van der Waals surface area contributed by atoms with E-state index in [1.807, 2.05) is 6.08 Å². The van der Waals surface area contributed by atoms with E-state index in [1.54, 1.807) is 13.2 Å². The van der Waals surface area contributed by atoms with Gasteiger partial charge in [-0.05, 0) is 42.9 Å². The Bertz CT molecular complexity index is 1080. The lowest BCUT2D eigenvalue weighted by Gasteiger charge is -2.39. The highest BCUT2D eigenvalue weighted by atomic mass is 35.5. The molecule has 0 aromatic heterocycles. The minimum atomic E-state index is -4.40. The van der Waals surface area contributed by atoms with Gasteiger partial charge < -0.3 is 35.1 Å². The molecule has 5 rings (SSSR count). The van der Waals surface area contributed by atoms with Crippen molar-refractivity contribution in [1.29, 1.82) is 0 Å². The Balaban J connectivity index is 1.28. The molecule has 13 heteroatoms. The molecule has 10 atom stereocenters. The standard InChI is InChI=1S/C25H30ClF3N2O6S/c1-11(26)16(20-18(32)21-24(34,37-21)23(36-20)38-2)31-22(33)17-19-14(10-30-17)9-13(7-8-35-19)12-3-5-15(6-4-12)25(27,28)29/h3-6,9,11,14,16-21,23,30,32,34H,7-8,10H2,1-2H3,(H,31,33)/t11-,14-,16+,17-,18?,19+,20+,21?,23?,24-/m0/s1. The molecule has 0 spiro atoms. The summed E-state index contributed by atoms with van der Waals surface area (Å²) in [6.45, 7) is 2.41. The smallest absolute Gasteiger partial charge is 0.387 e. The zero-order valence-corrected chi connectivity index (χ0v) is 22.2. The molecule has 0 radical (unpaired) electrons. The van der Waals surface area contributed by atoms with Gasteiger partial charge in [0.1, 0.15) is 24.4 Å². The Morgan fingerprint density at radius 1 is 1.32 bits per heavy atom. The van der Waals surface area contributed by atoms with Crippen LogP contribution in [0.1, 0.15) is 24.5 Å². The van der Waals surface area contributed by atoms with Gasteiger partial charge in [0.15, 0.2) is 5.44 Å². The van der Waals surface area contributed by atoms with Crippen LogP contribution in [-0.2, 0) is 25.2 Å². The lowest BCUT2D eigenvalue weighted by molar-refractivity contribution is -0.151. The Morgan fingerprint density at radius 2 is 2.03 bits per heavy atom. The van der Waals surface area contributed by atoms with Gasteiger partial charge in [-0.25, -0.2) is 0 Å². The van der Waals surface area contributed by atoms with Crippen molar-refractivity contribution in [3.8, 4) is 0 Å². The average molecular weight is 579 g/mol. The Labute approximate surface area is 227 Å². The van der Waals surface area contributed by atoms with E-state index >= 15 is 0 Å². The first-order valence-corrected chi connectivity index (χ1v) is 14.1. The highest BCUT2D eigenvalue weighted by molar-refractivity contribution is 7.99. The molecule has 38 heavy (non-hydrogen) atoms. The molecule has 0 bridgehead atoms. The van der Waals surface area contributed by atoms with Gasteiger partial charge in [0.25, 0.3) is 0 Å². The number of thioether (sulfide) groups is 1. The first kappa shape index (κ1) is 28.2. The van der Waals surface area contributed by atoms with Crippen LogP contribution in [0.25, 0.3) is 5.57 Å². The minimum Gasteiger partial charge on any atom is -0.387 e. The number of carbonyl (C=O) groups excluding carboxylic acids is 1. The number of fused-ring (bicyclic) bond motifs is 2. The predicted octanol–water partition coefficient (Wildman–Crippen LogP) is 2.11. The predicted molar refractivity (Wildman–Crippen MR) is 134 cm³/mol. The highest BCUT2D eigenvalue weighted by Crippen LogP contribution is 2.50. The summed E-state index contributed by atoms with van der Waals surface area (Å²) in [6.07, 6.45) is -3.63. The number of amides is 1. The number of benzene rings is 1. The first-order valence-electron chi connectivity index (χ1n) is 12.4. The molecule has 210 valence electrons. The molecule has 3 unspecified atom stereocenters. The van der Waals surface area contributed by atoms with E-state index in [4.69, 9.17) is 25.8 Å². The molecule has 8 nitrogen and oxygen atoms in total. The number of epoxide rings is 1. The summed E-state index contributed by atoms with van der Waals surface area (Å²) in [5.74, 6) is -2.12. The van der Waals surface area contributed by atoms with Crippen LogP contribution >= 0.6 is 23.4 Å². The molecular formula is C25H30ClF3N2O6S. The Hall–Kier alpha value is -1.38. The van der Waals surface area contributed by atoms with Crippen molar-refractivity contribution in [2.75, 3.05) is 19.4 Å².